The van der Waals surface area contributed by atoms with Gasteiger partial charge in [-0.1, -0.05) is 6.07 Å². The fourth-order valence-electron chi connectivity index (χ4n) is 1.40. The minimum Gasteiger partial charge on any atom is -0.468 e. The van der Waals surface area contributed by atoms with Crippen LogP contribution in [0.2, 0.25) is 0 Å². The van der Waals surface area contributed by atoms with Crippen molar-refractivity contribution in [1.29, 1.82) is 0 Å². The van der Waals surface area contributed by atoms with E-state index >= 15 is 0 Å². The van der Waals surface area contributed by atoms with Gasteiger partial charge in [-0.05, 0) is 18.2 Å². The molecule has 2 rings (SSSR count). The molecule has 0 aliphatic carbocycles. The Kier molecular flexibility index (Phi) is 2.60. The summed E-state index contributed by atoms with van der Waals surface area (Å²) in [7, 11) is 0. The van der Waals surface area contributed by atoms with Gasteiger partial charge in [-0.2, -0.15) is 0 Å². The molecule has 0 amide bonds. The second-order valence-corrected chi connectivity index (χ2v) is 3.07. The van der Waals surface area contributed by atoms with Crippen molar-refractivity contribution in [2.45, 2.75) is 13.0 Å². The van der Waals surface area contributed by atoms with Crippen molar-refractivity contribution in [3.05, 3.63) is 53.7 Å². The second-order valence-electron chi connectivity index (χ2n) is 3.07. The van der Waals surface area contributed by atoms with E-state index in [0.29, 0.717) is 6.54 Å². The number of hydrogen-bond acceptors (Lipinski definition) is 3. The molecule has 0 fully saturated rings. The van der Waals surface area contributed by atoms with Crippen molar-refractivity contribution >= 4 is 0 Å². The van der Waals surface area contributed by atoms with Crippen LogP contribution >= 0.6 is 0 Å². The van der Waals surface area contributed by atoms with Gasteiger partial charge in [-0.25, -0.2) is 0 Å². The van der Waals surface area contributed by atoms with Gasteiger partial charge in [-0.15, -0.1) is 0 Å². The number of furan rings is 1. The van der Waals surface area contributed by atoms with Gasteiger partial charge >= 0.3 is 0 Å². The lowest BCUT2D eigenvalue weighted by Crippen LogP contribution is -1.99. The van der Waals surface area contributed by atoms with Crippen molar-refractivity contribution in [2.75, 3.05) is 0 Å². The van der Waals surface area contributed by atoms with E-state index in [1.807, 2.05) is 24.3 Å². The Morgan fingerprint density at radius 1 is 1.29 bits per heavy atom. The lowest BCUT2D eigenvalue weighted by Gasteiger charge is -1.99. The van der Waals surface area contributed by atoms with E-state index in [1.54, 1.807) is 12.5 Å². The molecule has 2 aromatic heterocycles. The molecule has 2 aromatic rings. The van der Waals surface area contributed by atoms with Crippen LogP contribution in [0, 0.1) is 0 Å². The number of pyridine rings is 1. The van der Waals surface area contributed by atoms with Gasteiger partial charge in [0, 0.05) is 23.9 Å². The highest BCUT2D eigenvalue weighted by Gasteiger charge is 2.05. The quantitative estimate of drug-likeness (QED) is 0.798. The summed E-state index contributed by atoms with van der Waals surface area (Å²) in [6.07, 6.45) is 4.24. The first kappa shape index (κ1) is 8.97. The van der Waals surface area contributed by atoms with Gasteiger partial charge in [0.05, 0.1) is 12.8 Å². The molecule has 14 heavy (non-hydrogen) atoms. The fraction of sp³-hybridized carbons (Fsp3) is 0.182. The highest BCUT2D eigenvalue weighted by molar-refractivity contribution is 5.23. The summed E-state index contributed by atoms with van der Waals surface area (Å²) >= 11 is 0. The molecule has 0 bridgehead atoms. The van der Waals surface area contributed by atoms with Crippen molar-refractivity contribution in [2.24, 2.45) is 5.73 Å². The molecule has 0 radical (unpaired) electrons. The van der Waals surface area contributed by atoms with Crippen LogP contribution in [-0.2, 0) is 13.0 Å². The summed E-state index contributed by atoms with van der Waals surface area (Å²) in [5.74, 6) is 0.843. The van der Waals surface area contributed by atoms with E-state index in [9.17, 15) is 0 Å². The fourth-order valence-corrected chi connectivity index (χ4v) is 1.40. The van der Waals surface area contributed by atoms with E-state index in [-0.39, 0.29) is 0 Å². The summed E-state index contributed by atoms with van der Waals surface area (Å²) < 4.78 is 5.23. The van der Waals surface area contributed by atoms with Crippen molar-refractivity contribution in [3.8, 4) is 0 Å². The van der Waals surface area contributed by atoms with E-state index < -0.39 is 0 Å². The molecule has 0 aliphatic rings. The number of aromatic nitrogens is 1. The minimum atomic E-state index is 0.440. The van der Waals surface area contributed by atoms with Gasteiger partial charge in [0.25, 0.3) is 0 Å². The molecule has 0 saturated carbocycles. The monoisotopic (exact) mass is 188 g/mol. The summed E-state index contributed by atoms with van der Waals surface area (Å²) in [5, 5.41) is 0. The second kappa shape index (κ2) is 4.07. The van der Waals surface area contributed by atoms with Crippen LogP contribution in [0.1, 0.15) is 17.0 Å². The normalized spacial score (nSPS) is 10.4. The maximum absolute atomic E-state index is 5.53. The summed E-state index contributed by atoms with van der Waals surface area (Å²) in [6.45, 7) is 0.440. The lowest BCUT2D eigenvalue weighted by atomic mass is 10.1. The molecule has 0 aliphatic heterocycles. The Hall–Kier alpha value is -1.61. The van der Waals surface area contributed by atoms with Crippen molar-refractivity contribution in [1.82, 2.24) is 4.98 Å². The van der Waals surface area contributed by atoms with E-state index in [0.717, 1.165) is 23.4 Å². The smallest absolute Gasteiger partial charge is 0.120 e. The third-order valence-electron chi connectivity index (χ3n) is 2.12. The van der Waals surface area contributed by atoms with Crippen LogP contribution in [0.25, 0.3) is 0 Å². The van der Waals surface area contributed by atoms with Crippen LogP contribution in [-0.4, -0.2) is 4.98 Å². The molecule has 2 heterocycles. The molecular formula is C11H12N2O. The topological polar surface area (TPSA) is 52.0 Å². The summed E-state index contributed by atoms with van der Waals surface area (Å²) in [5.41, 5.74) is 7.68. The Morgan fingerprint density at radius 3 is 2.93 bits per heavy atom. The van der Waals surface area contributed by atoms with Crippen LogP contribution in [0.15, 0.2) is 41.1 Å². The Morgan fingerprint density at radius 2 is 2.21 bits per heavy atom. The molecule has 3 nitrogen and oxygen atoms in total. The molecule has 0 spiro atoms. The van der Waals surface area contributed by atoms with Crippen LogP contribution in [0.3, 0.4) is 0 Å². The van der Waals surface area contributed by atoms with Crippen LogP contribution in [0.4, 0.5) is 0 Å². The first-order valence-electron chi connectivity index (χ1n) is 4.55. The minimum absolute atomic E-state index is 0.440. The van der Waals surface area contributed by atoms with Crippen molar-refractivity contribution < 1.29 is 4.42 Å². The number of nitrogens with zero attached hydrogens (tertiary/aromatic N) is 1. The number of rotatable bonds is 3. The van der Waals surface area contributed by atoms with Gasteiger partial charge in [0.15, 0.2) is 0 Å². The first-order valence-corrected chi connectivity index (χ1v) is 4.55. The van der Waals surface area contributed by atoms with Gasteiger partial charge in [-0.3, -0.25) is 4.98 Å². The Balaban J connectivity index is 2.19. The lowest BCUT2D eigenvalue weighted by molar-refractivity contribution is 0.508. The molecule has 0 unspecified atom stereocenters. The standard InChI is InChI=1S/C11H12N2O/c12-8-11-9(4-6-14-11)7-10-3-1-2-5-13-10/h1-6H,7-8,12H2. The highest BCUT2D eigenvalue weighted by Crippen LogP contribution is 2.13. The average molecular weight is 188 g/mol. The Labute approximate surface area is 82.6 Å². The van der Waals surface area contributed by atoms with E-state index in [4.69, 9.17) is 10.2 Å². The maximum Gasteiger partial charge on any atom is 0.120 e. The maximum atomic E-state index is 5.53. The van der Waals surface area contributed by atoms with Gasteiger partial charge in [0.2, 0.25) is 0 Å². The average Bonchev–Trinajstić information content (AvgIpc) is 2.67. The SMILES string of the molecule is NCc1occc1Cc1ccccn1. The molecule has 3 heteroatoms. The zero-order chi connectivity index (χ0) is 9.80. The molecule has 72 valence electrons. The molecule has 0 aromatic carbocycles. The summed E-state index contributed by atoms with van der Waals surface area (Å²) in [4.78, 5) is 4.25. The van der Waals surface area contributed by atoms with Gasteiger partial charge < -0.3 is 10.2 Å². The third kappa shape index (κ3) is 1.83. The van der Waals surface area contributed by atoms with Crippen LogP contribution in [0.5, 0.6) is 0 Å². The van der Waals surface area contributed by atoms with Crippen LogP contribution < -0.4 is 5.73 Å². The zero-order valence-corrected chi connectivity index (χ0v) is 7.81. The van der Waals surface area contributed by atoms with E-state index in [2.05, 4.69) is 4.98 Å². The Bertz CT molecular complexity index is 395. The summed E-state index contributed by atoms with van der Waals surface area (Å²) in [6, 6.07) is 7.82. The largest absolute Gasteiger partial charge is 0.468 e. The highest BCUT2D eigenvalue weighted by atomic mass is 16.3. The van der Waals surface area contributed by atoms with Gasteiger partial charge in [0.1, 0.15) is 5.76 Å². The molecule has 0 atom stereocenters. The molecule has 0 saturated heterocycles. The zero-order valence-electron chi connectivity index (χ0n) is 7.81. The van der Waals surface area contributed by atoms with Crippen molar-refractivity contribution in [3.63, 3.8) is 0 Å². The number of hydrogen-bond donors (Lipinski definition) is 1. The molecule has 2 N–H and O–H groups in total. The van der Waals surface area contributed by atoms with E-state index in [1.165, 1.54) is 0 Å². The number of nitrogens with two attached hydrogens (primary N) is 1. The predicted molar refractivity (Wildman–Crippen MR) is 53.6 cm³/mol. The molecular weight excluding hydrogens is 176 g/mol. The predicted octanol–water partition coefficient (Wildman–Crippen LogP) is 1.72. The first-order chi connectivity index (χ1) is 6.90. The third-order valence-corrected chi connectivity index (χ3v) is 2.12.